The molecule has 1 aromatic carbocycles. The van der Waals surface area contributed by atoms with Gasteiger partial charge in [-0.25, -0.2) is 9.78 Å². The van der Waals surface area contributed by atoms with E-state index in [-0.39, 0.29) is 11.7 Å². The molecule has 0 amide bonds. The van der Waals surface area contributed by atoms with Gasteiger partial charge in [-0.3, -0.25) is 0 Å². The quantitative estimate of drug-likeness (QED) is 0.691. The van der Waals surface area contributed by atoms with E-state index in [2.05, 4.69) is 14.7 Å². The number of methoxy groups -OCH3 is 1. The van der Waals surface area contributed by atoms with Crippen molar-refractivity contribution in [2.24, 2.45) is 0 Å². The molecule has 7 heteroatoms. The normalized spacial score (nSPS) is 10.2. The Bertz CT molecular complexity index is 661. The summed E-state index contributed by atoms with van der Waals surface area (Å²) in [6.07, 6.45) is 0. The standard InChI is InChI=1S/C13H12ClN3O3/c1-7-5-11(17-12(16-7)13(18)19-2)20-10-6-8(14)3-4-9(10)15/h3-6H,15H2,1-2H3. The minimum absolute atomic E-state index is 0.0805. The van der Waals surface area contributed by atoms with E-state index in [1.54, 1.807) is 31.2 Å². The van der Waals surface area contributed by atoms with Gasteiger partial charge in [0.05, 0.1) is 12.8 Å². The van der Waals surface area contributed by atoms with Crippen LogP contribution in [0.15, 0.2) is 24.3 Å². The van der Waals surface area contributed by atoms with Crippen molar-refractivity contribution >= 4 is 23.3 Å². The maximum Gasteiger partial charge on any atom is 0.376 e. The van der Waals surface area contributed by atoms with Crippen molar-refractivity contribution in [2.45, 2.75) is 6.92 Å². The molecular weight excluding hydrogens is 282 g/mol. The second kappa shape index (κ2) is 5.75. The number of halogens is 1. The molecule has 0 atom stereocenters. The van der Waals surface area contributed by atoms with Gasteiger partial charge in [0.1, 0.15) is 0 Å². The van der Waals surface area contributed by atoms with Gasteiger partial charge in [-0.05, 0) is 19.1 Å². The lowest BCUT2D eigenvalue weighted by Gasteiger charge is -2.09. The number of carbonyl (C=O) groups excluding carboxylic acids is 1. The van der Waals surface area contributed by atoms with Crippen LogP contribution in [0.5, 0.6) is 11.6 Å². The van der Waals surface area contributed by atoms with E-state index in [0.29, 0.717) is 22.2 Å². The minimum atomic E-state index is -0.641. The van der Waals surface area contributed by atoms with E-state index in [1.165, 1.54) is 7.11 Å². The Morgan fingerprint density at radius 3 is 2.75 bits per heavy atom. The Morgan fingerprint density at radius 2 is 2.05 bits per heavy atom. The number of nitrogens with zero attached hydrogens (tertiary/aromatic N) is 2. The van der Waals surface area contributed by atoms with Crippen molar-refractivity contribution in [3.05, 3.63) is 40.8 Å². The summed E-state index contributed by atoms with van der Waals surface area (Å²) >= 11 is 5.88. The first-order chi connectivity index (χ1) is 9.49. The lowest BCUT2D eigenvalue weighted by molar-refractivity contribution is 0.0585. The average molecular weight is 294 g/mol. The fraction of sp³-hybridized carbons (Fsp3) is 0.154. The first kappa shape index (κ1) is 14.1. The fourth-order valence-corrected chi connectivity index (χ4v) is 1.65. The summed E-state index contributed by atoms with van der Waals surface area (Å²) in [5.41, 5.74) is 6.75. The van der Waals surface area contributed by atoms with Crippen LogP contribution in [-0.4, -0.2) is 23.0 Å². The third-order valence-electron chi connectivity index (χ3n) is 2.39. The Labute approximate surface area is 120 Å². The molecule has 0 aliphatic rings. The number of hydrogen-bond donors (Lipinski definition) is 1. The molecule has 0 aliphatic carbocycles. The minimum Gasteiger partial charge on any atom is -0.463 e. The van der Waals surface area contributed by atoms with Gasteiger partial charge < -0.3 is 15.2 Å². The van der Waals surface area contributed by atoms with E-state index in [0.717, 1.165) is 0 Å². The number of ether oxygens (including phenoxy) is 2. The highest BCUT2D eigenvalue weighted by atomic mass is 35.5. The van der Waals surface area contributed by atoms with E-state index in [9.17, 15) is 4.79 Å². The van der Waals surface area contributed by atoms with Gasteiger partial charge in [0.2, 0.25) is 11.7 Å². The molecule has 0 radical (unpaired) electrons. The molecule has 104 valence electrons. The van der Waals surface area contributed by atoms with Crippen LogP contribution in [0.1, 0.15) is 16.3 Å². The van der Waals surface area contributed by atoms with Crippen LogP contribution in [0.4, 0.5) is 5.69 Å². The third-order valence-corrected chi connectivity index (χ3v) is 2.62. The van der Waals surface area contributed by atoms with Gasteiger partial charge in [-0.1, -0.05) is 11.6 Å². The fourth-order valence-electron chi connectivity index (χ4n) is 1.48. The molecule has 0 saturated heterocycles. The smallest absolute Gasteiger partial charge is 0.376 e. The van der Waals surface area contributed by atoms with Gasteiger partial charge >= 0.3 is 5.97 Å². The molecule has 0 spiro atoms. The molecule has 2 rings (SSSR count). The van der Waals surface area contributed by atoms with Gasteiger partial charge in [0.15, 0.2) is 5.75 Å². The average Bonchev–Trinajstić information content (AvgIpc) is 2.41. The summed E-state index contributed by atoms with van der Waals surface area (Å²) in [5, 5.41) is 0.480. The molecule has 0 aliphatic heterocycles. The van der Waals surface area contributed by atoms with Crippen molar-refractivity contribution in [3.8, 4) is 11.6 Å². The highest BCUT2D eigenvalue weighted by molar-refractivity contribution is 6.30. The molecular formula is C13H12ClN3O3. The lowest BCUT2D eigenvalue weighted by Crippen LogP contribution is -2.09. The molecule has 6 nitrogen and oxygen atoms in total. The largest absolute Gasteiger partial charge is 0.463 e. The van der Waals surface area contributed by atoms with Crippen molar-refractivity contribution in [3.63, 3.8) is 0 Å². The van der Waals surface area contributed by atoms with Crippen LogP contribution in [0.2, 0.25) is 5.02 Å². The van der Waals surface area contributed by atoms with Crippen LogP contribution < -0.4 is 10.5 Å². The van der Waals surface area contributed by atoms with E-state index >= 15 is 0 Å². The predicted octanol–water partition coefficient (Wildman–Crippen LogP) is 2.60. The van der Waals surface area contributed by atoms with Crippen LogP contribution in [-0.2, 0) is 4.74 Å². The van der Waals surface area contributed by atoms with E-state index in [4.69, 9.17) is 22.1 Å². The Kier molecular flexibility index (Phi) is 4.05. The first-order valence-corrected chi connectivity index (χ1v) is 6.04. The molecule has 2 aromatic rings. The number of hydrogen-bond acceptors (Lipinski definition) is 6. The van der Waals surface area contributed by atoms with Crippen LogP contribution >= 0.6 is 11.6 Å². The van der Waals surface area contributed by atoms with Crippen LogP contribution in [0.3, 0.4) is 0 Å². The summed E-state index contributed by atoms with van der Waals surface area (Å²) in [6.45, 7) is 1.71. The number of nitrogens with two attached hydrogens (primary N) is 1. The monoisotopic (exact) mass is 293 g/mol. The molecule has 0 fully saturated rings. The summed E-state index contributed by atoms with van der Waals surface area (Å²) in [5.74, 6) is -0.181. The third kappa shape index (κ3) is 3.16. The maximum atomic E-state index is 11.4. The maximum absolute atomic E-state index is 11.4. The molecule has 1 aromatic heterocycles. The molecule has 20 heavy (non-hydrogen) atoms. The number of rotatable bonds is 3. The number of anilines is 1. The van der Waals surface area contributed by atoms with Crippen LogP contribution in [0, 0.1) is 6.92 Å². The summed E-state index contributed by atoms with van der Waals surface area (Å²) in [4.78, 5) is 19.4. The Morgan fingerprint density at radius 1 is 1.30 bits per heavy atom. The van der Waals surface area contributed by atoms with Crippen molar-refractivity contribution < 1.29 is 14.3 Å². The number of carbonyl (C=O) groups is 1. The number of esters is 1. The topological polar surface area (TPSA) is 87.3 Å². The highest BCUT2D eigenvalue weighted by Crippen LogP contribution is 2.29. The van der Waals surface area contributed by atoms with Crippen molar-refractivity contribution in [1.82, 2.24) is 9.97 Å². The summed E-state index contributed by atoms with van der Waals surface area (Å²) < 4.78 is 10.1. The first-order valence-electron chi connectivity index (χ1n) is 5.66. The number of aromatic nitrogens is 2. The number of aryl methyl sites for hydroxylation is 1. The molecule has 0 saturated carbocycles. The Balaban J connectivity index is 2.36. The lowest BCUT2D eigenvalue weighted by atomic mass is 10.3. The second-order valence-electron chi connectivity index (χ2n) is 3.95. The van der Waals surface area contributed by atoms with Gasteiger partial charge in [-0.2, -0.15) is 4.98 Å². The van der Waals surface area contributed by atoms with Crippen molar-refractivity contribution in [2.75, 3.05) is 12.8 Å². The van der Waals surface area contributed by atoms with E-state index < -0.39 is 5.97 Å². The molecule has 1 heterocycles. The van der Waals surface area contributed by atoms with Gasteiger partial charge in [0.25, 0.3) is 0 Å². The summed E-state index contributed by atoms with van der Waals surface area (Å²) in [6, 6.07) is 6.40. The molecule has 0 unspecified atom stereocenters. The van der Waals surface area contributed by atoms with E-state index in [1.807, 2.05) is 0 Å². The van der Waals surface area contributed by atoms with Gasteiger partial charge in [-0.15, -0.1) is 0 Å². The van der Waals surface area contributed by atoms with Gasteiger partial charge in [0, 0.05) is 22.8 Å². The number of benzene rings is 1. The second-order valence-corrected chi connectivity index (χ2v) is 4.38. The number of nitrogen functional groups attached to an aromatic ring is 1. The highest BCUT2D eigenvalue weighted by Gasteiger charge is 2.13. The predicted molar refractivity (Wildman–Crippen MR) is 74.0 cm³/mol. The Hall–Kier alpha value is -2.34. The molecule has 2 N–H and O–H groups in total. The zero-order valence-electron chi connectivity index (χ0n) is 10.9. The zero-order chi connectivity index (χ0) is 14.7. The SMILES string of the molecule is COC(=O)c1nc(C)cc(Oc2cc(Cl)ccc2N)n1. The molecule has 0 bridgehead atoms. The zero-order valence-corrected chi connectivity index (χ0v) is 11.6. The van der Waals surface area contributed by atoms with Crippen molar-refractivity contribution in [1.29, 1.82) is 0 Å². The summed E-state index contributed by atoms with van der Waals surface area (Å²) in [7, 11) is 1.25. The van der Waals surface area contributed by atoms with Crippen LogP contribution in [0.25, 0.3) is 0 Å².